The number of alkyl halides is 3. The van der Waals surface area contributed by atoms with E-state index in [1.54, 1.807) is 4.90 Å². The fraction of sp³-hybridized carbons (Fsp3) is 0.500. The third-order valence-corrected chi connectivity index (χ3v) is 3.85. The molecule has 132 valence electrons. The van der Waals surface area contributed by atoms with Gasteiger partial charge in [-0.25, -0.2) is 0 Å². The molecule has 0 atom stereocenters. The van der Waals surface area contributed by atoms with Crippen LogP contribution in [0.2, 0.25) is 0 Å². The molecule has 1 fully saturated rings. The molecule has 1 saturated heterocycles. The Kier molecular flexibility index (Phi) is 5.27. The Labute approximate surface area is 135 Å². The van der Waals surface area contributed by atoms with Crippen LogP contribution in [0, 0.1) is 10.1 Å². The topological polar surface area (TPSA) is 86.9 Å². The van der Waals surface area contributed by atoms with Crippen molar-refractivity contribution in [1.82, 2.24) is 4.90 Å². The number of anilines is 1. The number of nitro benzene ring substituents is 1. The minimum Gasteiger partial charge on any atom is -0.481 e. The Morgan fingerprint density at radius 2 is 1.88 bits per heavy atom. The first-order valence-electron chi connectivity index (χ1n) is 7.23. The third-order valence-electron chi connectivity index (χ3n) is 3.85. The van der Waals surface area contributed by atoms with Crippen molar-refractivity contribution in [3.8, 4) is 0 Å². The molecule has 0 aliphatic carbocycles. The number of benzene rings is 1. The van der Waals surface area contributed by atoms with Gasteiger partial charge in [-0.3, -0.25) is 19.8 Å². The summed E-state index contributed by atoms with van der Waals surface area (Å²) < 4.78 is 38.1. The lowest BCUT2D eigenvalue weighted by Gasteiger charge is -2.35. The molecule has 10 heteroatoms. The van der Waals surface area contributed by atoms with Gasteiger partial charge in [0.2, 0.25) is 0 Å². The van der Waals surface area contributed by atoms with Crippen LogP contribution in [0.1, 0.15) is 12.0 Å². The predicted octanol–water partition coefficient (Wildman–Crippen LogP) is 2.21. The fourth-order valence-corrected chi connectivity index (χ4v) is 2.58. The van der Waals surface area contributed by atoms with Crippen molar-refractivity contribution in [2.24, 2.45) is 0 Å². The number of piperazine rings is 1. The molecular formula is C14H16F3N3O4. The normalized spacial score (nSPS) is 16.2. The molecule has 1 aliphatic rings. The van der Waals surface area contributed by atoms with Gasteiger partial charge in [0.1, 0.15) is 5.69 Å². The number of hydrogen-bond acceptors (Lipinski definition) is 5. The van der Waals surface area contributed by atoms with E-state index in [4.69, 9.17) is 5.11 Å². The molecule has 1 aliphatic heterocycles. The number of halogens is 3. The molecule has 1 heterocycles. The molecule has 1 N–H and O–H groups in total. The maximum atomic E-state index is 12.7. The summed E-state index contributed by atoms with van der Waals surface area (Å²) in [6.07, 6.45) is -4.64. The van der Waals surface area contributed by atoms with E-state index < -0.39 is 28.3 Å². The van der Waals surface area contributed by atoms with Crippen LogP contribution < -0.4 is 4.90 Å². The summed E-state index contributed by atoms with van der Waals surface area (Å²) in [5.74, 6) is -0.907. The number of carboxylic acid groups (broad SMARTS) is 1. The van der Waals surface area contributed by atoms with Crippen LogP contribution in [0.3, 0.4) is 0 Å². The Balaban J connectivity index is 2.12. The van der Waals surface area contributed by atoms with Gasteiger partial charge in [-0.05, 0) is 12.1 Å². The van der Waals surface area contributed by atoms with Crippen molar-refractivity contribution in [1.29, 1.82) is 0 Å². The first-order valence-corrected chi connectivity index (χ1v) is 7.23. The Morgan fingerprint density at radius 1 is 1.25 bits per heavy atom. The largest absolute Gasteiger partial charge is 0.481 e. The molecule has 24 heavy (non-hydrogen) atoms. The van der Waals surface area contributed by atoms with E-state index in [-0.39, 0.29) is 12.1 Å². The first-order chi connectivity index (χ1) is 11.2. The molecule has 2 rings (SSSR count). The summed E-state index contributed by atoms with van der Waals surface area (Å²) in [4.78, 5) is 24.4. The predicted molar refractivity (Wildman–Crippen MR) is 79.0 cm³/mol. The SMILES string of the molecule is O=C(O)CCN1CCN(c2ccc(C(F)(F)F)cc2[N+](=O)[O-])CC1. The average Bonchev–Trinajstić information content (AvgIpc) is 2.52. The van der Waals surface area contributed by atoms with E-state index in [1.165, 1.54) is 0 Å². The smallest absolute Gasteiger partial charge is 0.416 e. The van der Waals surface area contributed by atoms with Crippen molar-refractivity contribution >= 4 is 17.3 Å². The number of hydrogen-bond donors (Lipinski definition) is 1. The monoisotopic (exact) mass is 347 g/mol. The summed E-state index contributed by atoms with van der Waals surface area (Å²) in [6, 6.07) is 2.50. The van der Waals surface area contributed by atoms with Gasteiger partial charge in [-0.1, -0.05) is 0 Å². The molecule has 7 nitrogen and oxygen atoms in total. The standard InChI is InChI=1S/C14H16F3N3O4/c15-14(16,17)10-1-2-11(12(9-10)20(23)24)19-7-5-18(6-8-19)4-3-13(21)22/h1-2,9H,3-8H2,(H,21,22). The number of rotatable bonds is 5. The highest BCUT2D eigenvalue weighted by atomic mass is 19.4. The van der Waals surface area contributed by atoms with Crippen LogP contribution in [0.4, 0.5) is 24.5 Å². The Hall–Kier alpha value is -2.36. The highest BCUT2D eigenvalue weighted by Crippen LogP contribution is 2.36. The lowest BCUT2D eigenvalue weighted by molar-refractivity contribution is -0.384. The zero-order valence-electron chi connectivity index (χ0n) is 12.6. The summed E-state index contributed by atoms with van der Waals surface area (Å²) in [5, 5.41) is 19.8. The van der Waals surface area contributed by atoms with Crippen molar-refractivity contribution in [2.75, 3.05) is 37.6 Å². The third kappa shape index (κ3) is 4.34. The molecule has 0 saturated carbocycles. The maximum Gasteiger partial charge on any atom is 0.416 e. The van der Waals surface area contributed by atoms with Gasteiger partial charge >= 0.3 is 12.1 Å². The number of nitrogens with zero attached hydrogens (tertiary/aromatic N) is 3. The second-order valence-electron chi connectivity index (χ2n) is 5.43. The lowest BCUT2D eigenvalue weighted by Crippen LogP contribution is -2.47. The van der Waals surface area contributed by atoms with Gasteiger partial charge in [0, 0.05) is 38.8 Å². The number of nitro groups is 1. The maximum absolute atomic E-state index is 12.7. The summed E-state index contributed by atoms with van der Waals surface area (Å²) in [7, 11) is 0. The summed E-state index contributed by atoms with van der Waals surface area (Å²) >= 11 is 0. The second kappa shape index (κ2) is 7.04. The van der Waals surface area contributed by atoms with Crippen molar-refractivity contribution < 1.29 is 28.0 Å². The molecule has 0 amide bonds. The van der Waals surface area contributed by atoms with Crippen molar-refractivity contribution in [3.63, 3.8) is 0 Å². The zero-order chi connectivity index (χ0) is 17.9. The van der Waals surface area contributed by atoms with Crippen LogP contribution in [0.15, 0.2) is 18.2 Å². The van der Waals surface area contributed by atoms with E-state index in [2.05, 4.69) is 0 Å². The molecule has 1 aromatic rings. The minimum absolute atomic E-state index is 0.000424. The number of aliphatic carboxylic acids is 1. The average molecular weight is 347 g/mol. The van der Waals surface area contributed by atoms with Gasteiger partial charge in [-0.2, -0.15) is 13.2 Å². The van der Waals surface area contributed by atoms with Crippen LogP contribution in [0.5, 0.6) is 0 Å². The van der Waals surface area contributed by atoms with Gasteiger partial charge in [-0.15, -0.1) is 0 Å². The van der Waals surface area contributed by atoms with Gasteiger partial charge in [0.15, 0.2) is 0 Å². The summed E-state index contributed by atoms with van der Waals surface area (Å²) in [5.41, 5.74) is -1.49. The van der Waals surface area contributed by atoms with E-state index in [0.717, 1.165) is 12.1 Å². The molecular weight excluding hydrogens is 331 g/mol. The van der Waals surface area contributed by atoms with E-state index in [1.807, 2.05) is 4.90 Å². The van der Waals surface area contributed by atoms with Gasteiger partial charge in [0.05, 0.1) is 16.9 Å². The fourth-order valence-electron chi connectivity index (χ4n) is 2.58. The van der Waals surface area contributed by atoms with Crippen LogP contribution in [0.25, 0.3) is 0 Å². The van der Waals surface area contributed by atoms with E-state index in [0.29, 0.717) is 38.8 Å². The van der Waals surface area contributed by atoms with Gasteiger partial charge in [0.25, 0.3) is 5.69 Å². The zero-order valence-corrected chi connectivity index (χ0v) is 12.6. The highest BCUT2D eigenvalue weighted by Gasteiger charge is 2.34. The Bertz CT molecular complexity index is 628. The van der Waals surface area contributed by atoms with Gasteiger partial charge < -0.3 is 10.0 Å². The van der Waals surface area contributed by atoms with E-state index in [9.17, 15) is 28.1 Å². The van der Waals surface area contributed by atoms with Crippen molar-refractivity contribution in [2.45, 2.75) is 12.6 Å². The first kappa shape index (κ1) is 18.0. The molecule has 0 radical (unpaired) electrons. The van der Waals surface area contributed by atoms with E-state index >= 15 is 0 Å². The quantitative estimate of drug-likeness (QED) is 0.649. The molecule has 0 spiro atoms. The second-order valence-corrected chi connectivity index (χ2v) is 5.43. The molecule has 0 bridgehead atoms. The van der Waals surface area contributed by atoms with Crippen LogP contribution in [-0.2, 0) is 11.0 Å². The highest BCUT2D eigenvalue weighted by molar-refractivity contribution is 5.67. The summed E-state index contributed by atoms with van der Waals surface area (Å²) in [6.45, 7) is 2.12. The van der Waals surface area contributed by atoms with Crippen LogP contribution in [-0.4, -0.2) is 53.6 Å². The molecule has 0 unspecified atom stereocenters. The number of carboxylic acids is 1. The molecule has 1 aromatic carbocycles. The van der Waals surface area contributed by atoms with Crippen LogP contribution >= 0.6 is 0 Å². The molecule has 0 aromatic heterocycles. The van der Waals surface area contributed by atoms with Crippen molar-refractivity contribution in [3.05, 3.63) is 33.9 Å². The lowest BCUT2D eigenvalue weighted by atomic mass is 10.1. The number of carbonyl (C=O) groups is 1. The Morgan fingerprint density at radius 3 is 2.38 bits per heavy atom. The minimum atomic E-state index is -4.64.